The molecule has 96 valence electrons. The molecule has 0 saturated carbocycles. The lowest BCUT2D eigenvalue weighted by molar-refractivity contribution is -0.116. The van der Waals surface area contributed by atoms with Gasteiger partial charge >= 0.3 is 0 Å². The van der Waals surface area contributed by atoms with E-state index in [1.807, 2.05) is 13.0 Å². The fourth-order valence-electron chi connectivity index (χ4n) is 1.94. The fraction of sp³-hybridized carbons (Fsp3) is 0.462. The quantitative estimate of drug-likeness (QED) is 0.635. The number of anilines is 1. The highest BCUT2D eigenvalue weighted by Crippen LogP contribution is 2.27. The third-order valence-electron chi connectivity index (χ3n) is 2.90. The van der Waals surface area contributed by atoms with E-state index in [0.717, 1.165) is 23.8 Å². The standard InChI is InChI=1S/C13H16N2O3/c1-9-8-12(18-7-3-2-6-16)15-13-10(9)4-5-11(17)14-13/h6,8H,2-5,7H2,1H3,(H,14,15,17). The average Bonchev–Trinajstić information content (AvgIpc) is 2.34. The van der Waals surface area contributed by atoms with Crippen LogP contribution in [0.4, 0.5) is 5.82 Å². The first-order valence-electron chi connectivity index (χ1n) is 6.07. The van der Waals surface area contributed by atoms with Gasteiger partial charge in [-0.3, -0.25) is 4.79 Å². The number of nitrogens with one attached hydrogen (secondary N) is 1. The van der Waals surface area contributed by atoms with Crippen LogP contribution in [-0.4, -0.2) is 23.8 Å². The third kappa shape index (κ3) is 2.85. The number of carbonyl (C=O) groups excluding carboxylic acids is 2. The number of hydrogen-bond acceptors (Lipinski definition) is 4. The first-order valence-corrected chi connectivity index (χ1v) is 6.07. The molecular formula is C13H16N2O3. The minimum absolute atomic E-state index is 0.00694. The van der Waals surface area contributed by atoms with Gasteiger partial charge in [-0.2, -0.15) is 4.98 Å². The number of aryl methyl sites for hydroxylation is 1. The number of hydrogen-bond donors (Lipinski definition) is 1. The Morgan fingerprint density at radius 3 is 3.11 bits per heavy atom. The van der Waals surface area contributed by atoms with Crippen molar-refractivity contribution in [2.75, 3.05) is 11.9 Å². The third-order valence-corrected chi connectivity index (χ3v) is 2.90. The second-order valence-electron chi connectivity index (χ2n) is 4.31. The molecule has 0 bridgehead atoms. The van der Waals surface area contributed by atoms with Crippen LogP contribution >= 0.6 is 0 Å². The summed E-state index contributed by atoms with van der Waals surface area (Å²) < 4.78 is 5.47. The zero-order chi connectivity index (χ0) is 13.0. The van der Waals surface area contributed by atoms with Gasteiger partial charge in [0.05, 0.1) is 6.61 Å². The van der Waals surface area contributed by atoms with E-state index in [-0.39, 0.29) is 5.91 Å². The smallest absolute Gasteiger partial charge is 0.225 e. The highest BCUT2D eigenvalue weighted by Gasteiger charge is 2.18. The van der Waals surface area contributed by atoms with Crippen LogP contribution in [0.3, 0.4) is 0 Å². The molecule has 2 heterocycles. The molecule has 1 N–H and O–H groups in total. The van der Waals surface area contributed by atoms with Crippen LogP contribution < -0.4 is 10.1 Å². The monoisotopic (exact) mass is 248 g/mol. The lowest BCUT2D eigenvalue weighted by atomic mass is 10.0. The normalized spacial score (nSPS) is 13.7. The number of aldehydes is 1. The van der Waals surface area contributed by atoms with Crippen molar-refractivity contribution in [2.45, 2.75) is 32.6 Å². The molecule has 1 aromatic heterocycles. The Kier molecular flexibility index (Phi) is 3.92. The molecule has 0 radical (unpaired) electrons. The summed E-state index contributed by atoms with van der Waals surface area (Å²) in [6.45, 7) is 2.44. The fourth-order valence-corrected chi connectivity index (χ4v) is 1.94. The number of amides is 1. The van der Waals surface area contributed by atoms with E-state index in [9.17, 15) is 9.59 Å². The molecule has 0 spiro atoms. The molecule has 1 aliphatic rings. The summed E-state index contributed by atoms with van der Waals surface area (Å²) in [5.41, 5.74) is 2.15. The van der Waals surface area contributed by atoms with Crippen LogP contribution in [0.5, 0.6) is 5.88 Å². The number of aromatic nitrogens is 1. The second-order valence-corrected chi connectivity index (χ2v) is 4.31. The van der Waals surface area contributed by atoms with Crippen LogP contribution in [0.25, 0.3) is 0 Å². The maximum atomic E-state index is 11.3. The molecule has 2 rings (SSSR count). The lowest BCUT2D eigenvalue weighted by Crippen LogP contribution is -2.21. The van der Waals surface area contributed by atoms with Gasteiger partial charge in [0.2, 0.25) is 11.8 Å². The average molecular weight is 248 g/mol. The Bertz CT molecular complexity index is 472. The van der Waals surface area contributed by atoms with Crippen molar-refractivity contribution in [3.63, 3.8) is 0 Å². The SMILES string of the molecule is Cc1cc(OCCCC=O)nc2c1CCC(=O)N2. The predicted molar refractivity (Wildman–Crippen MR) is 66.7 cm³/mol. The van der Waals surface area contributed by atoms with Gasteiger partial charge < -0.3 is 14.8 Å². The molecule has 5 heteroatoms. The minimum Gasteiger partial charge on any atom is -0.478 e. The Morgan fingerprint density at radius 2 is 2.33 bits per heavy atom. The number of carbonyl (C=O) groups is 2. The van der Waals surface area contributed by atoms with Crippen molar-refractivity contribution in [3.8, 4) is 5.88 Å². The Balaban J connectivity index is 2.08. The molecular weight excluding hydrogens is 232 g/mol. The number of rotatable bonds is 5. The van der Waals surface area contributed by atoms with Gasteiger partial charge in [-0.1, -0.05) is 0 Å². The summed E-state index contributed by atoms with van der Waals surface area (Å²) in [6.07, 6.45) is 3.27. The van der Waals surface area contributed by atoms with Crippen LogP contribution in [-0.2, 0) is 16.0 Å². The Labute approximate surface area is 106 Å². The first-order chi connectivity index (χ1) is 8.70. The molecule has 0 unspecified atom stereocenters. The first kappa shape index (κ1) is 12.5. The van der Waals surface area contributed by atoms with Crippen molar-refractivity contribution in [1.29, 1.82) is 0 Å². The zero-order valence-electron chi connectivity index (χ0n) is 10.4. The minimum atomic E-state index is -0.00694. The second kappa shape index (κ2) is 5.62. The molecule has 0 atom stereocenters. The highest BCUT2D eigenvalue weighted by molar-refractivity contribution is 5.93. The Morgan fingerprint density at radius 1 is 1.50 bits per heavy atom. The van der Waals surface area contributed by atoms with E-state index in [0.29, 0.717) is 37.6 Å². The molecule has 0 fully saturated rings. The largest absolute Gasteiger partial charge is 0.478 e. The molecule has 18 heavy (non-hydrogen) atoms. The maximum absolute atomic E-state index is 11.3. The van der Waals surface area contributed by atoms with Gasteiger partial charge in [-0.15, -0.1) is 0 Å². The molecule has 5 nitrogen and oxygen atoms in total. The summed E-state index contributed by atoms with van der Waals surface area (Å²) in [5, 5.41) is 2.76. The molecule has 1 aliphatic heterocycles. The van der Waals surface area contributed by atoms with E-state index in [2.05, 4.69) is 10.3 Å². The van der Waals surface area contributed by atoms with E-state index in [1.54, 1.807) is 0 Å². The van der Waals surface area contributed by atoms with E-state index in [4.69, 9.17) is 4.74 Å². The van der Waals surface area contributed by atoms with Crippen LogP contribution in [0.1, 0.15) is 30.4 Å². The van der Waals surface area contributed by atoms with Gasteiger partial charge in [0.15, 0.2) is 0 Å². The maximum Gasteiger partial charge on any atom is 0.225 e. The van der Waals surface area contributed by atoms with Gasteiger partial charge in [0.1, 0.15) is 12.1 Å². The number of ether oxygens (including phenoxy) is 1. The number of nitrogens with zero attached hydrogens (tertiary/aromatic N) is 1. The van der Waals surface area contributed by atoms with E-state index < -0.39 is 0 Å². The summed E-state index contributed by atoms with van der Waals surface area (Å²) in [5.74, 6) is 1.10. The number of unbranched alkanes of at least 4 members (excludes halogenated alkanes) is 1. The van der Waals surface area contributed by atoms with Gasteiger partial charge in [-0.05, 0) is 30.9 Å². The zero-order valence-corrected chi connectivity index (χ0v) is 10.4. The van der Waals surface area contributed by atoms with Crippen molar-refractivity contribution >= 4 is 18.0 Å². The highest BCUT2D eigenvalue weighted by atomic mass is 16.5. The van der Waals surface area contributed by atoms with E-state index >= 15 is 0 Å². The van der Waals surface area contributed by atoms with Gasteiger partial charge in [0, 0.05) is 18.9 Å². The lowest BCUT2D eigenvalue weighted by Gasteiger charge is -2.18. The number of fused-ring (bicyclic) bond motifs is 1. The molecule has 0 aliphatic carbocycles. The van der Waals surface area contributed by atoms with Gasteiger partial charge in [0.25, 0.3) is 0 Å². The van der Waals surface area contributed by atoms with E-state index in [1.165, 1.54) is 0 Å². The van der Waals surface area contributed by atoms with Gasteiger partial charge in [-0.25, -0.2) is 0 Å². The molecule has 1 aromatic rings. The van der Waals surface area contributed by atoms with Crippen molar-refractivity contribution in [2.24, 2.45) is 0 Å². The summed E-state index contributed by atoms with van der Waals surface area (Å²) in [4.78, 5) is 25.8. The van der Waals surface area contributed by atoms with Crippen LogP contribution in [0.15, 0.2) is 6.07 Å². The molecule has 0 aromatic carbocycles. The van der Waals surface area contributed by atoms with Crippen LogP contribution in [0, 0.1) is 6.92 Å². The number of pyridine rings is 1. The molecule has 1 amide bonds. The van der Waals surface area contributed by atoms with Crippen molar-refractivity contribution < 1.29 is 14.3 Å². The molecule has 0 saturated heterocycles. The summed E-state index contributed by atoms with van der Waals surface area (Å²) in [6, 6.07) is 1.87. The summed E-state index contributed by atoms with van der Waals surface area (Å²) in [7, 11) is 0. The summed E-state index contributed by atoms with van der Waals surface area (Å²) >= 11 is 0. The van der Waals surface area contributed by atoms with Crippen molar-refractivity contribution in [3.05, 3.63) is 17.2 Å². The van der Waals surface area contributed by atoms with Crippen molar-refractivity contribution in [1.82, 2.24) is 4.98 Å². The van der Waals surface area contributed by atoms with Crippen LogP contribution in [0.2, 0.25) is 0 Å². The predicted octanol–water partition coefficient (Wildman–Crippen LogP) is 1.63. The topological polar surface area (TPSA) is 68.3 Å². The Hall–Kier alpha value is -1.91.